The third-order valence-electron chi connectivity index (χ3n) is 3.91. The van der Waals surface area contributed by atoms with Gasteiger partial charge < -0.3 is 10.1 Å². The van der Waals surface area contributed by atoms with E-state index in [0.717, 1.165) is 12.6 Å². The van der Waals surface area contributed by atoms with Crippen molar-refractivity contribution in [1.82, 2.24) is 10.2 Å². The van der Waals surface area contributed by atoms with Gasteiger partial charge in [-0.1, -0.05) is 6.42 Å². The van der Waals surface area contributed by atoms with Gasteiger partial charge in [0.05, 0.1) is 6.10 Å². The molecule has 0 aliphatic carbocycles. The minimum Gasteiger partial charge on any atom is -0.380 e. The quantitative estimate of drug-likeness (QED) is 0.762. The molecule has 2 aliphatic rings. The molecule has 1 N–H and O–H groups in total. The third-order valence-corrected chi connectivity index (χ3v) is 3.91. The van der Waals surface area contributed by atoms with E-state index in [0.29, 0.717) is 12.1 Å². The third kappa shape index (κ3) is 2.92. The highest BCUT2D eigenvalue weighted by atomic mass is 16.5. The lowest BCUT2D eigenvalue weighted by Gasteiger charge is -2.35. The summed E-state index contributed by atoms with van der Waals surface area (Å²) in [6, 6.07) is 1.43. The summed E-state index contributed by atoms with van der Waals surface area (Å²) in [5.74, 6) is 0. The van der Waals surface area contributed by atoms with Crippen LogP contribution < -0.4 is 5.32 Å². The number of ether oxygens (including phenoxy) is 1. The highest BCUT2D eigenvalue weighted by molar-refractivity contribution is 4.86. The number of likely N-dealkylation sites (tertiary alicyclic amines) is 1. The zero-order valence-electron chi connectivity index (χ0n) is 10.0. The largest absolute Gasteiger partial charge is 0.380 e. The Morgan fingerprint density at radius 3 is 2.93 bits per heavy atom. The predicted molar refractivity (Wildman–Crippen MR) is 62.1 cm³/mol. The van der Waals surface area contributed by atoms with Crippen LogP contribution in [0.4, 0.5) is 0 Å². The van der Waals surface area contributed by atoms with Crippen LogP contribution in [0.5, 0.6) is 0 Å². The van der Waals surface area contributed by atoms with Crippen molar-refractivity contribution in [3.05, 3.63) is 0 Å². The monoisotopic (exact) mass is 212 g/mol. The molecule has 3 atom stereocenters. The van der Waals surface area contributed by atoms with Gasteiger partial charge in [0.25, 0.3) is 0 Å². The van der Waals surface area contributed by atoms with E-state index in [2.05, 4.69) is 17.1 Å². The minimum absolute atomic E-state index is 0.440. The molecule has 0 aromatic carbocycles. The molecule has 2 rings (SSSR count). The Morgan fingerprint density at radius 1 is 1.40 bits per heavy atom. The van der Waals surface area contributed by atoms with Crippen molar-refractivity contribution in [3.8, 4) is 0 Å². The molecular weight excluding hydrogens is 188 g/mol. The van der Waals surface area contributed by atoms with Crippen molar-refractivity contribution in [2.45, 2.75) is 50.8 Å². The SMILES string of the molecule is CO[C@@H]1CN[C@H](CN2CCCCC2C)C1. The lowest BCUT2D eigenvalue weighted by atomic mass is 10.0. The number of nitrogens with zero attached hydrogens (tertiary/aromatic N) is 1. The number of hydrogen-bond donors (Lipinski definition) is 1. The maximum absolute atomic E-state index is 5.38. The molecule has 2 heterocycles. The smallest absolute Gasteiger partial charge is 0.0711 e. The number of hydrogen-bond acceptors (Lipinski definition) is 3. The van der Waals surface area contributed by atoms with Crippen LogP contribution in [0.3, 0.4) is 0 Å². The molecule has 2 aliphatic heterocycles. The summed E-state index contributed by atoms with van der Waals surface area (Å²) in [4.78, 5) is 2.64. The maximum Gasteiger partial charge on any atom is 0.0711 e. The topological polar surface area (TPSA) is 24.5 Å². The Kier molecular flexibility index (Phi) is 4.00. The van der Waals surface area contributed by atoms with Gasteiger partial charge >= 0.3 is 0 Å². The summed E-state index contributed by atoms with van der Waals surface area (Å²) in [5.41, 5.74) is 0. The van der Waals surface area contributed by atoms with Gasteiger partial charge in [-0.15, -0.1) is 0 Å². The van der Waals surface area contributed by atoms with Gasteiger partial charge in [-0.2, -0.15) is 0 Å². The van der Waals surface area contributed by atoms with E-state index < -0.39 is 0 Å². The highest BCUT2D eigenvalue weighted by Crippen LogP contribution is 2.19. The molecule has 1 unspecified atom stereocenters. The Morgan fingerprint density at radius 2 is 2.27 bits per heavy atom. The molecule has 15 heavy (non-hydrogen) atoms. The first-order valence-corrected chi connectivity index (χ1v) is 6.30. The van der Waals surface area contributed by atoms with Crippen molar-refractivity contribution in [2.75, 3.05) is 26.7 Å². The van der Waals surface area contributed by atoms with Gasteiger partial charge in [0, 0.05) is 32.3 Å². The van der Waals surface area contributed by atoms with Crippen LogP contribution in [0.1, 0.15) is 32.6 Å². The van der Waals surface area contributed by atoms with Gasteiger partial charge in [-0.25, -0.2) is 0 Å². The average molecular weight is 212 g/mol. The van der Waals surface area contributed by atoms with E-state index in [-0.39, 0.29) is 0 Å². The first-order valence-electron chi connectivity index (χ1n) is 6.30. The molecule has 0 aromatic rings. The fourth-order valence-corrected chi connectivity index (χ4v) is 2.81. The maximum atomic E-state index is 5.38. The number of nitrogens with one attached hydrogen (secondary N) is 1. The minimum atomic E-state index is 0.440. The molecule has 2 saturated heterocycles. The van der Waals surface area contributed by atoms with Crippen LogP contribution >= 0.6 is 0 Å². The van der Waals surface area contributed by atoms with E-state index in [1.54, 1.807) is 0 Å². The number of piperidine rings is 1. The predicted octanol–water partition coefficient (Wildman–Crippen LogP) is 1.24. The van der Waals surface area contributed by atoms with Crippen molar-refractivity contribution >= 4 is 0 Å². The van der Waals surface area contributed by atoms with Crippen LogP contribution in [0.15, 0.2) is 0 Å². The zero-order chi connectivity index (χ0) is 10.7. The van der Waals surface area contributed by atoms with Crippen LogP contribution in [-0.4, -0.2) is 49.8 Å². The van der Waals surface area contributed by atoms with Gasteiger partial charge in [-0.05, 0) is 32.7 Å². The molecule has 0 bridgehead atoms. The molecule has 3 heteroatoms. The molecule has 2 fully saturated rings. The first-order chi connectivity index (χ1) is 7.29. The molecule has 0 spiro atoms. The van der Waals surface area contributed by atoms with Crippen molar-refractivity contribution < 1.29 is 4.74 Å². The van der Waals surface area contributed by atoms with Crippen LogP contribution in [-0.2, 0) is 4.74 Å². The highest BCUT2D eigenvalue weighted by Gasteiger charge is 2.27. The molecule has 0 aromatic heterocycles. The summed E-state index contributed by atoms with van der Waals surface area (Å²) in [5, 5.41) is 3.56. The Labute approximate surface area is 93.2 Å². The molecule has 3 nitrogen and oxygen atoms in total. The number of rotatable bonds is 3. The molecule has 0 radical (unpaired) electrons. The standard InChI is InChI=1S/C12H24N2O/c1-10-5-3-4-6-14(10)9-11-7-12(15-2)8-13-11/h10-13H,3-9H2,1-2H3/t10?,11-,12-/m0/s1. The second-order valence-corrected chi connectivity index (χ2v) is 5.04. The van der Waals surface area contributed by atoms with Gasteiger partial charge in [0.2, 0.25) is 0 Å². The molecule has 88 valence electrons. The zero-order valence-corrected chi connectivity index (χ0v) is 10.0. The van der Waals surface area contributed by atoms with Crippen LogP contribution in [0.2, 0.25) is 0 Å². The van der Waals surface area contributed by atoms with Crippen molar-refractivity contribution in [2.24, 2.45) is 0 Å². The summed E-state index contributed by atoms with van der Waals surface area (Å²) >= 11 is 0. The molecule has 0 amide bonds. The molecular formula is C12H24N2O. The summed E-state index contributed by atoms with van der Waals surface area (Å²) in [7, 11) is 1.82. The lowest BCUT2D eigenvalue weighted by Crippen LogP contribution is -2.44. The Balaban J connectivity index is 1.76. The lowest BCUT2D eigenvalue weighted by molar-refractivity contribution is 0.110. The van der Waals surface area contributed by atoms with Gasteiger partial charge in [0.1, 0.15) is 0 Å². The fourth-order valence-electron chi connectivity index (χ4n) is 2.81. The Hall–Kier alpha value is -0.120. The van der Waals surface area contributed by atoms with Crippen LogP contribution in [0, 0.1) is 0 Å². The van der Waals surface area contributed by atoms with Crippen molar-refractivity contribution in [1.29, 1.82) is 0 Å². The normalized spacial score (nSPS) is 38.4. The fraction of sp³-hybridized carbons (Fsp3) is 1.00. The van der Waals surface area contributed by atoms with Gasteiger partial charge in [-0.3, -0.25) is 4.90 Å². The summed E-state index contributed by atoms with van der Waals surface area (Å²) < 4.78 is 5.38. The van der Waals surface area contributed by atoms with E-state index in [4.69, 9.17) is 4.74 Å². The van der Waals surface area contributed by atoms with E-state index in [1.807, 2.05) is 7.11 Å². The van der Waals surface area contributed by atoms with Crippen LogP contribution in [0.25, 0.3) is 0 Å². The first kappa shape index (κ1) is 11.4. The number of methoxy groups -OCH3 is 1. The van der Waals surface area contributed by atoms with E-state index in [1.165, 1.54) is 38.8 Å². The molecule has 0 saturated carbocycles. The van der Waals surface area contributed by atoms with Gasteiger partial charge in [0.15, 0.2) is 0 Å². The summed E-state index contributed by atoms with van der Waals surface area (Å²) in [6.45, 7) is 5.89. The van der Waals surface area contributed by atoms with E-state index in [9.17, 15) is 0 Å². The Bertz CT molecular complexity index is 198. The average Bonchev–Trinajstić information content (AvgIpc) is 2.69. The van der Waals surface area contributed by atoms with Crippen molar-refractivity contribution in [3.63, 3.8) is 0 Å². The van der Waals surface area contributed by atoms with E-state index >= 15 is 0 Å². The second-order valence-electron chi connectivity index (χ2n) is 5.04. The second kappa shape index (κ2) is 5.28. The summed E-state index contributed by atoms with van der Waals surface area (Å²) in [6.07, 6.45) is 5.79.